The lowest BCUT2D eigenvalue weighted by Crippen LogP contribution is -2.34. The first-order chi connectivity index (χ1) is 14.7. The number of nitrogens with one attached hydrogen (secondary N) is 2. The average molecular weight is 430 g/mol. The largest absolute Gasteiger partial charge is 0.497 e. The van der Waals surface area contributed by atoms with Crippen LogP contribution in [0.1, 0.15) is 56.3 Å². The van der Waals surface area contributed by atoms with E-state index in [1.54, 1.807) is 45.0 Å². The summed E-state index contributed by atoms with van der Waals surface area (Å²) in [5, 5.41) is 2.44. The van der Waals surface area contributed by atoms with Crippen LogP contribution in [-0.4, -0.2) is 55.0 Å². The zero-order valence-corrected chi connectivity index (χ0v) is 18.2. The molecule has 2 aromatic rings. The number of H-pyrrole nitrogens is 1. The number of amides is 1. The first-order valence-corrected chi connectivity index (χ1v) is 9.71. The third-order valence-electron chi connectivity index (χ3n) is 4.59. The Balaban J connectivity index is 1.96. The number of aromatic amines is 1. The molecule has 0 aliphatic rings. The number of carbonyl (C=O) groups is 4. The number of carbonyl (C=O) groups excluding carboxylic acids is 4. The first-order valence-electron chi connectivity index (χ1n) is 9.71. The van der Waals surface area contributed by atoms with Crippen LogP contribution < -0.4 is 10.1 Å². The molecule has 0 aliphatic heterocycles. The van der Waals surface area contributed by atoms with Crippen molar-refractivity contribution in [1.29, 1.82) is 0 Å². The zero-order chi connectivity index (χ0) is 23.1. The molecule has 1 unspecified atom stereocenters. The third-order valence-corrected chi connectivity index (χ3v) is 4.59. The van der Waals surface area contributed by atoms with Gasteiger partial charge in [0.2, 0.25) is 5.78 Å². The van der Waals surface area contributed by atoms with Gasteiger partial charge in [-0.15, -0.1) is 0 Å². The van der Waals surface area contributed by atoms with Crippen molar-refractivity contribution in [2.24, 2.45) is 0 Å². The van der Waals surface area contributed by atoms with E-state index in [1.807, 2.05) is 0 Å². The molecule has 1 atom stereocenters. The van der Waals surface area contributed by atoms with E-state index >= 15 is 0 Å². The number of Topliss-reactive ketones (excluding diaryl/α,β-unsaturated/α-hetero) is 1. The molecular weight excluding hydrogens is 404 g/mol. The number of aromatic nitrogens is 1. The Morgan fingerprint density at radius 1 is 1.10 bits per heavy atom. The number of ketones is 1. The SMILES string of the molecule is CCOC(=O)c1c(C)[nH]c(C(=O)C(C)OC(=O)CNC(=O)c2ccc(OC)cc2)c1C. The van der Waals surface area contributed by atoms with E-state index < -0.39 is 36.3 Å². The van der Waals surface area contributed by atoms with Crippen LogP contribution in [0, 0.1) is 13.8 Å². The van der Waals surface area contributed by atoms with Gasteiger partial charge in [0.1, 0.15) is 12.3 Å². The highest BCUT2D eigenvalue weighted by Crippen LogP contribution is 2.21. The molecule has 2 rings (SSSR count). The van der Waals surface area contributed by atoms with E-state index in [4.69, 9.17) is 14.2 Å². The summed E-state index contributed by atoms with van der Waals surface area (Å²) in [4.78, 5) is 51.9. The highest BCUT2D eigenvalue weighted by atomic mass is 16.5. The van der Waals surface area contributed by atoms with Crippen LogP contribution in [0.2, 0.25) is 0 Å². The van der Waals surface area contributed by atoms with Crippen molar-refractivity contribution in [3.05, 3.63) is 52.3 Å². The smallest absolute Gasteiger partial charge is 0.340 e. The second-order valence-corrected chi connectivity index (χ2v) is 6.75. The molecule has 9 nitrogen and oxygen atoms in total. The van der Waals surface area contributed by atoms with Gasteiger partial charge in [0.05, 0.1) is 25.0 Å². The molecule has 1 amide bonds. The van der Waals surface area contributed by atoms with E-state index in [0.29, 0.717) is 22.6 Å². The Hall–Kier alpha value is -3.62. The summed E-state index contributed by atoms with van der Waals surface area (Å²) < 4.78 is 15.2. The quantitative estimate of drug-likeness (QED) is 0.462. The number of esters is 2. The fraction of sp³-hybridized carbons (Fsp3) is 0.364. The summed E-state index contributed by atoms with van der Waals surface area (Å²) in [5.74, 6) is -1.66. The van der Waals surface area contributed by atoms with Gasteiger partial charge in [0.25, 0.3) is 5.91 Å². The van der Waals surface area contributed by atoms with Crippen LogP contribution in [0.3, 0.4) is 0 Å². The maximum absolute atomic E-state index is 12.7. The van der Waals surface area contributed by atoms with Crippen molar-refractivity contribution >= 4 is 23.6 Å². The van der Waals surface area contributed by atoms with E-state index in [0.717, 1.165) is 0 Å². The van der Waals surface area contributed by atoms with E-state index in [1.165, 1.54) is 14.0 Å². The van der Waals surface area contributed by atoms with Gasteiger partial charge in [-0.25, -0.2) is 4.79 Å². The lowest BCUT2D eigenvalue weighted by molar-refractivity contribution is -0.145. The molecule has 9 heteroatoms. The molecule has 0 saturated carbocycles. The highest BCUT2D eigenvalue weighted by Gasteiger charge is 2.27. The lowest BCUT2D eigenvalue weighted by Gasteiger charge is -2.13. The van der Waals surface area contributed by atoms with Crippen LogP contribution in [0.25, 0.3) is 0 Å². The van der Waals surface area contributed by atoms with Gasteiger partial charge in [0.15, 0.2) is 6.10 Å². The predicted molar refractivity (Wildman–Crippen MR) is 111 cm³/mol. The standard InChI is InChI=1S/C22H26N2O7/c1-6-30-22(28)18-12(2)19(24-13(18)3)20(26)14(4)31-17(25)11-23-21(27)15-7-9-16(29-5)10-8-15/h7-10,14,24H,6,11H2,1-5H3,(H,23,27). The van der Waals surface area contributed by atoms with E-state index in [9.17, 15) is 19.2 Å². The van der Waals surface area contributed by atoms with Gasteiger partial charge in [-0.2, -0.15) is 0 Å². The highest BCUT2D eigenvalue weighted by molar-refractivity contribution is 6.04. The molecule has 0 aliphatic carbocycles. The predicted octanol–water partition coefficient (Wildman–Crippen LogP) is 2.36. The molecule has 0 saturated heterocycles. The number of methoxy groups -OCH3 is 1. The second kappa shape index (κ2) is 10.4. The number of benzene rings is 1. The number of ether oxygens (including phenoxy) is 3. The molecular formula is C22H26N2O7. The van der Waals surface area contributed by atoms with Crippen molar-refractivity contribution in [3.63, 3.8) is 0 Å². The summed E-state index contributed by atoms with van der Waals surface area (Å²) in [6.07, 6.45) is -1.11. The maximum Gasteiger partial charge on any atom is 0.340 e. The minimum Gasteiger partial charge on any atom is -0.497 e. The molecule has 1 aromatic carbocycles. The summed E-state index contributed by atoms with van der Waals surface area (Å²) in [6, 6.07) is 6.37. The van der Waals surface area contributed by atoms with Crippen molar-refractivity contribution in [2.75, 3.05) is 20.3 Å². The van der Waals surface area contributed by atoms with Crippen LogP contribution in [0.5, 0.6) is 5.75 Å². The number of rotatable bonds is 9. The van der Waals surface area contributed by atoms with E-state index in [-0.39, 0.29) is 17.9 Å². The molecule has 1 heterocycles. The molecule has 0 spiro atoms. The fourth-order valence-corrected chi connectivity index (χ4v) is 3.00. The molecule has 2 N–H and O–H groups in total. The minimum absolute atomic E-state index is 0.170. The van der Waals surface area contributed by atoms with Crippen molar-refractivity contribution in [2.45, 2.75) is 33.8 Å². The van der Waals surface area contributed by atoms with Gasteiger partial charge in [-0.1, -0.05) is 0 Å². The van der Waals surface area contributed by atoms with Gasteiger partial charge in [0, 0.05) is 11.3 Å². The molecule has 0 bridgehead atoms. The van der Waals surface area contributed by atoms with Gasteiger partial charge >= 0.3 is 11.9 Å². The summed E-state index contributed by atoms with van der Waals surface area (Å²) in [6.45, 7) is 6.19. The zero-order valence-electron chi connectivity index (χ0n) is 18.2. The molecule has 0 radical (unpaired) electrons. The summed E-state index contributed by atoms with van der Waals surface area (Å²) >= 11 is 0. The van der Waals surface area contributed by atoms with Crippen LogP contribution in [0.15, 0.2) is 24.3 Å². The monoisotopic (exact) mass is 430 g/mol. The topological polar surface area (TPSA) is 124 Å². The molecule has 166 valence electrons. The second-order valence-electron chi connectivity index (χ2n) is 6.75. The Morgan fingerprint density at radius 2 is 1.74 bits per heavy atom. The molecule has 0 fully saturated rings. The van der Waals surface area contributed by atoms with Crippen molar-refractivity contribution < 1.29 is 33.4 Å². The Kier molecular flexibility index (Phi) is 7.95. The fourth-order valence-electron chi connectivity index (χ4n) is 3.00. The Bertz CT molecular complexity index is 976. The summed E-state index contributed by atoms with van der Waals surface area (Å²) in [5.41, 5.74) is 1.72. The van der Waals surface area contributed by atoms with Crippen molar-refractivity contribution in [3.8, 4) is 5.75 Å². The molecule has 1 aromatic heterocycles. The number of aryl methyl sites for hydroxylation is 1. The maximum atomic E-state index is 12.7. The van der Waals surface area contributed by atoms with Gasteiger partial charge < -0.3 is 24.5 Å². The first kappa shape index (κ1) is 23.7. The third kappa shape index (κ3) is 5.71. The van der Waals surface area contributed by atoms with Crippen LogP contribution in [-0.2, 0) is 14.3 Å². The minimum atomic E-state index is -1.11. The number of hydrogen-bond acceptors (Lipinski definition) is 7. The van der Waals surface area contributed by atoms with E-state index in [2.05, 4.69) is 10.3 Å². The lowest BCUT2D eigenvalue weighted by atomic mass is 10.1. The Morgan fingerprint density at radius 3 is 2.32 bits per heavy atom. The normalized spacial score (nSPS) is 11.4. The van der Waals surface area contributed by atoms with Crippen LogP contribution in [0.4, 0.5) is 0 Å². The van der Waals surface area contributed by atoms with Gasteiger partial charge in [-0.05, 0) is 57.5 Å². The van der Waals surface area contributed by atoms with Crippen LogP contribution >= 0.6 is 0 Å². The number of hydrogen-bond donors (Lipinski definition) is 2. The van der Waals surface area contributed by atoms with Gasteiger partial charge in [-0.3, -0.25) is 14.4 Å². The Labute approximate surface area is 180 Å². The van der Waals surface area contributed by atoms with Crippen molar-refractivity contribution in [1.82, 2.24) is 10.3 Å². The molecule has 31 heavy (non-hydrogen) atoms. The summed E-state index contributed by atoms with van der Waals surface area (Å²) in [7, 11) is 1.52. The average Bonchev–Trinajstić information content (AvgIpc) is 3.05.